The largest absolute Gasteiger partial charge is 0.339 e. The first-order valence-corrected chi connectivity index (χ1v) is 15.0. The summed E-state index contributed by atoms with van der Waals surface area (Å²) in [6.07, 6.45) is 11.4. The van der Waals surface area contributed by atoms with Crippen LogP contribution in [0.15, 0.2) is 27.8 Å². The molecule has 3 saturated carbocycles. The smallest absolute Gasteiger partial charge is 0.226 e. The first kappa shape index (κ1) is 26.7. The zero-order valence-electron chi connectivity index (χ0n) is 24.7. The second-order valence-electron chi connectivity index (χ2n) is 14.9. The lowest BCUT2D eigenvalue weighted by atomic mass is 9.35. The van der Waals surface area contributed by atoms with Crippen LogP contribution in [0.1, 0.15) is 105 Å². The molecule has 0 aliphatic heterocycles. The maximum atomic E-state index is 14.6. The van der Waals surface area contributed by atoms with Gasteiger partial charge in [0.15, 0.2) is 17.4 Å². The van der Waals surface area contributed by atoms with E-state index in [0.717, 1.165) is 56.3 Å². The van der Waals surface area contributed by atoms with Crippen LogP contribution in [0.2, 0.25) is 0 Å². The van der Waals surface area contributed by atoms with E-state index in [4.69, 9.17) is 9.51 Å². The van der Waals surface area contributed by atoms with Crippen molar-refractivity contribution in [3.05, 3.63) is 35.0 Å². The fourth-order valence-electron chi connectivity index (χ4n) is 10.2. The van der Waals surface area contributed by atoms with Gasteiger partial charge in [0.25, 0.3) is 0 Å². The van der Waals surface area contributed by atoms with Crippen molar-refractivity contribution in [2.24, 2.45) is 45.3 Å². The minimum Gasteiger partial charge on any atom is -0.339 e. The maximum Gasteiger partial charge on any atom is 0.226 e. The van der Waals surface area contributed by atoms with Gasteiger partial charge in [-0.2, -0.15) is 10.2 Å². The van der Waals surface area contributed by atoms with Crippen LogP contribution in [0.5, 0.6) is 0 Å². The Hall–Kier alpha value is -2.55. The van der Waals surface area contributed by atoms with Crippen molar-refractivity contribution >= 4 is 11.6 Å². The molecule has 0 saturated heterocycles. The normalized spacial score (nSPS) is 44.7. The molecule has 5 aliphatic rings. The lowest BCUT2D eigenvalue weighted by Gasteiger charge is -2.68. The van der Waals surface area contributed by atoms with E-state index in [1.54, 1.807) is 0 Å². The highest BCUT2D eigenvalue weighted by Gasteiger charge is 2.69. The van der Waals surface area contributed by atoms with Gasteiger partial charge >= 0.3 is 0 Å². The van der Waals surface area contributed by atoms with E-state index in [0.29, 0.717) is 12.3 Å². The topological polar surface area (TPSA) is 96.8 Å². The number of allylic oxidation sites excluding steroid dienone is 4. The van der Waals surface area contributed by atoms with Gasteiger partial charge in [0.05, 0.1) is 5.57 Å². The van der Waals surface area contributed by atoms with E-state index in [9.17, 15) is 14.9 Å². The van der Waals surface area contributed by atoms with Crippen LogP contribution < -0.4 is 0 Å². The molecule has 5 aliphatic carbocycles. The van der Waals surface area contributed by atoms with Crippen LogP contribution in [-0.2, 0) is 21.4 Å². The molecule has 0 amide bonds. The average molecular weight is 530 g/mol. The highest BCUT2D eigenvalue weighted by Crippen LogP contribution is 2.73. The number of ketones is 2. The summed E-state index contributed by atoms with van der Waals surface area (Å²) in [4.78, 5) is 32.4. The number of carbonyl (C=O) groups excluding carboxylic acids is 2. The third kappa shape index (κ3) is 3.31. The Morgan fingerprint density at radius 3 is 2.44 bits per heavy atom. The Kier molecular flexibility index (Phi) is 5.63. The molecule has 0 N–H and O–H groups in total. The number of hydrogen-bond acceptors (Lipinski definition) is 6. The van der Waals surface area contributed by atoms with Gasteiger partial charge < -0.3 is 4.52 Å². The van der Waals surface area contributed by atoms with Crippen molar-refractivity contribution in [3.63, 3.8) is 0 Å². The predicted molar refractivity (Wildman–Crippen MR) is 147 cm³/mol. The van der Waals surface area contributed by atoms with Crippen molar-refractivity contribution in [1.29, 1.82) is 5.26 Å². The van der Waals surface area contributed by atoms with E-state index in [2.05, 4.69) is 45.8 Å². The maximum absolute atomic E-state index is 14.6. The highest BCUT2D eigenvalue weighted by atomic mass is 16.5. The molecule has 6 nitrogen and oxygen atoms in total. The monoisotopic (exact) mass is 529 g/mol. The van der Waals surface area contributed by atoms with Crippen LogP contribution in [-0.4, -0.2) is 21.7 Å². The zero-order chi connectivity index (χ0) is 28.2. The number of rotatable bonds is 2. The van der Waals surface area contributed by atoms with Gasteiger partial charge in [0, 0.05) is 29.1 Å². The fraction of sp³-hybridized carbons (Fsp3) is 0.727. The number of fused-ring (bicyclic) bond motifs is 7. The molecule has 8 atom stereocenters. The molecular weight excluding hydrogens is 486 g/mol. The molecule has 208 valence electrons. The van der Waals surface area contributed by atoms with Gasteiger partial charge in [-0.1, -0.05) is 65.3 Å². The van der Waals surface area contributed by atoms with Crippen LogP contribution in [0.25, 0.3) is 0 Å². The van der Waals surface area contributed by atoms with E-state index >= 15 is 0 Å². The molecule has 6 rings (SSSR count). The van der Waals surface area contributed by atoms with E-state index in [1.807, 2.05) is 26.0 Å². The van der Waals surface area contributed by atoms with E-state index in [-0.39, 0.29) is 62.5 Å². The summed E-state index contributed by atoms with van der Waals surface area (Å²) in [6, 6.07) is 2.18. The molecule has 6 heteroatoms. The van der Waals surface area contributed by atoms with Gasteiger partial charge in [-0.3, -0.25) is 9.59 Å². The zero-order valence-corrected chi connectivity index (χ0v) is 24.7. The van der Waals surface area contributed by atoms with Crippen molar-refractivity contribution in [2.75, 3.05) is 0 Å². The van der Waals surface area contributed by atoms with Crippen molar-refractivity contribution in [3.8, 4) is 6.07 Å². The van der Waals surface area contributed by atoms with Crippen LogP contribution in [0.3, 0.4) is 0 Å². The molecular formula is C33H43N3O3. The highest BCUT2D eigenvalue weighted by molar-refractivity contribution is 6.02. The predicted octanol–water partition coefficient (Wildman–Crippen LogP) is 6.71. The van der Waals surface area contributed by atoms with Crippen LogP contribution in [0, 0.1) is 56.7 Å². The minimum atomic E-state index is -0.473. The Labute approximate surface area is 232 Å². The van der Waals surface area contributed by atoms with E-state index in [1.165, 1.54) is 0 Å². The summed E-state index contributed by atoms with van der Waals surface area (Å²) in [5, 5.41) is 14.4. The molecule has 0 bridgehead atoms. The Morgan fingerprint density at radius 1 is 1.05 bits per heavy atom. The summed E-state index contributed by atoms with van der Waals surface area (Å²) in [7, 11) is 0. The molecule has 0 radical (unpaired) electrons. The average Bonchev–Trinajstić information content (AvgIpc) is 3.37. The summed E-state index contributed by atoms with van der Waals surface area (Å²) in [6.45, 7) is 15.6. The summed E-state index contributed by atoms with van der Waals surface area (Å²) >= 11 is 0. The standard InChI is InChI=1S/C33H43N3O3/c1-8-25-35-28(36-39-25)33-13-11-29(3,4)17-22(33)26-23(37)15-24-30(5)16-20(18-34)27(38)19(2)21(30)9-10-31(24,6)32(26,7)12-14-33/h15-16,19,21-22,26H,8-14,17H2,1-7H3/t19-,21-,22-,26-,30-,31+,32+,33-/m0/s1. The first-order chi connectivity index (χ1) is 18.3. The second kappa shape index (κ2) is 8.24. The molecule has 0 spiro atoms. The summed E-state index contributed by atoms with van der Waals surface area (Å²) in [5.41, 5.74) is 0.403. The third-order valence-corrected chi connectivity index (χ3v) is 12.7. The number of carbonyl (C=O) groups is 2. The molecule has 0 aromatic carbocycles. The summed E-state index contributed by atoms with van der Waals surface area (Å²) < 4.78 is 5.65. The first-order valence-electron chi connectivity index (χ1n) is 15.0. The molecule has 1 heterocycles. The molecule has 39 heavy (non-hydrogen) atoms. The van der Waals surface area contributed by atoms with Gasteiger partial charge in [-0.25, -0.2) is 0 Å². The number of nitriles is 1. The minimum absolute atomic E-state index is 0.0474. The van der Waals surface area contributed by atoms with Crippen molar-refractivity contribution in [1.82, 2.24) is 10.1 Å². The Morgan fingerprint density at radius 2 is 1.77 bits per heavy atom. The number of Topliss-reactive ketones (excluding diaryl/α,β-unsaturated/α-hetero) is 1. The number of aryl methyl sites for hydroxylation is 1. The Balaban J connectivity index is 1.52. The molecule has 3 fully saturated rings. The lowest BCUT2D eigenvalue weighted by Crippen LogP contribution is -2.65. The van der Waals surface area contributed by atoms with Crippen molar-refractivity contribution < 1.29 is 14.1 Å². The van der Waals surface area contributed by atoms with Crippen molar-refractivity contribution in [2.45, 2.75) is 105 Å². The number of aromatic nitrogens is 2. The quantitative estimate of drug-likeness (QED) is 0.422. The van der Waals surface area contributed by atoms with Gasteiger partial charge in [0.1, 0.15) is 6.07 Å². The fourth-order valence-corrected chi connectivity index (χ4v) is 10.2. The van der Waals surface area contributed by atoms with Gasteiger partial charge in [0.2, 0.25) is 5.89 Å². The summed E-state index contributed by atoms with van der Waals surface area (Å²) in [5.74, 6) is 1.57. The van der Waals surface area contributed by atoms with Gasteiger partial charge in [-0.05, 0) is 79.1 Å². The lowest BCUT2D eigenvalue weighted by molar-refractivity contribution is -0.158. The second-order valence-corrected chi connectivity index (χ2v) is 14.9. The molecule has 0 unspecified atom stereocenters. The van der Waals surface area contributed by atoms with Crippen LogP contribution >= 0.6 is 0 Å². The molecule has 1 aromatic rings. The SMILES string of the molecule is CCc1nc([C@]23CCC(C)(C)C[C@H]2[C@H]2C(=O)C=C4[C@@]5(C)C=C(C#N)C(=O)[C@@H](C)[C@@H]5CC[C@@]4(C)[C@]2(C)CC3)no1. The molecule has 1 aromatic heterocycles. The third-order valence-electron chi connectivity index (χ3n) is 12.7. The van der Waals surface area contributed by atoms with Gasteiger partial charge in [-0.15, -0.1) is 0 Å². The van der Waals surface area contributed by atoms with Crippen LogP contribution in [0.4, 0.5) is 0 Å². The Bertz CT molecular complexity index is 1360. The van der Waals surface area contributed by atoms with E-state index < -0.39 is 5.41 Å². The number of nitrogens with zero attached hydrogens (tertiary/aromatic N) is 3. The number of hydrogen-bond donors (Lipinski definition) is 0.